The Labute approximate surface area is 183 Å². The van der Waals surface area contributed by atoms with Gasteiger partial charge in [0.1, 0.15) is 4.83 Å². The van der Waals surface area contributed by atoms with E-state index in [0.29, 0.717) is 10.8 Å². The number of fused-ring (bicyclic) bond motifs is 1. The Morgan fingerprint density at radius 1 is 1.28 bits per heavy atom. The second kappa shape index (κ2) is 8.67. The van der Waals surface area contributed by atoms with E-state index in [2.05, 4.69) is 40.2 Å². The van der Waals surface area contributed by atoms with Gasteiger partial charge < -0.3 is 10.2 Å². The summed E-state index contributed by atoms with van der Waals surface area (Å²) in [5, 5.41) is 8.45. The molecule has 0 aliphatic rings. The summed E-state index contributed by atoms with van der Waals surface area (Å²) in [6.07, 6.45) is 0. The number of nitrogens with zero attached hydrogens (tertiary/aromatic N) is 3. The minimum atomic E-state index is -0.227. The molecule has 1 aromatic carbocycles. The molecular formula is C21H25BrN4O2S. The zero-order chi connectivity index (χ0) is 21.3. The Morgan fingerprint density at radius 3 is 2.66 bits per heavy atom. The van der Waals surface area contributed by atoms with Gasteiger partial charge in [-0.2, -0.15) is 5.10 Å². The monoisotopic (exact) mass is 476 g/mol. The summed E-state index contributed by atoms with van der Waals surface area (Å²) in [4.78, 5) is 28.4. The van der Waals surface area contributed by atoms with E-state index in [1.165, 1.54) is 16.2 Å². The van der Waals surface area contributed by atoms with Gasteiger partial charge >= 0.3 is 0 Å². The zero-order valence-corrected chi connectivity index (χ0v) is 19.6. The minimum Gasteiger partial charge on any atom is -0.332 e. The number of hydrogen-bond acceptors (Lipinski definition) is 4. The number of aromatic nitrogens is 2. The molecule has 0 fully saturated rings. The molecule has 154 valence electrons. The highest BCUT2D eigenvalue weighted by Gasteiger charge is 2.21. The van der Waals surface area contributed by atoms with E-state index in [9.17, 15) is 9.59 Å². The summed E-state index contributed by atoms with van der Waals surface area (Å²) >= 11 is 4.84. The number of carbonyl (C=O) groups excluding carboxylic acids is 2. The SMILES string of the molecule is Cc1cc(Br)ccc1NC(=O)CN(C)C(=O)c1cc2c(C)nn(CC(C)C)c2s1. The van der Waals surface area contributed by atoms with E-state index in [4.69, 9.17) is 0 Å². The van der Waals surface area contributed by atoms with Crippen molar-refractivity contribution in [3.05, 3.63) is 44.9 Å². The molecule has 8 heteroatoms. The minimum absolute atomic E-state index is 0.0142. The molecule has 2 amide bonds. The molecule has 0 unspecified atom stereocenters. The number of hydrogen-bond donors (Lipinski definition) is 1. The molecule has 6 nitrogen and oxygen atoms in total. The Bertz CT molecular complexity index is 1070. The number of nitrogens with one attached hydrogen (secondary N) is 1. The van der Waals surface area contributed by atoms with Gasteiger partial charge in [-0.05, 0) is 49.6 Å². The van der Waals surface area contributed by atoms with Crippen LogP contribution in [-0.2, 0) is 11.3 Å². The lowest BCUT2D eigenvalue weighted by Crippen LogP contribution is -2.34. The molecule has 29 heavy (non-hydrogen) atoms. The third kappa shape index (κ3) is 4.87. The molecule has 2 aromatic heterocycles. The summed E-state index contributed by atoms with van der Waals surface area (Å²) in [7, 11) is 1.65. The summed E-state index contributed by atoms with van der Waals surface area (Å²) in [6.45, 7) is 8.96. The number of amides is 2. The fourth-order valence-corrected chi connectivity index (χ4v) is 4.76. The van der Waals surface area contributed by atoms with Gasteiger partial charge in [0, 0.05) is 29.1 Å². The van der Waals surface area contributed by atoms with Crippen molar-refractivity contribution in [1.82, 2.24) is 14.7 Å². The van der Waals surface area contributed by atoms with Crippen molar-refractivity contribution < 1.29 is 9.59 Å². The molecular weight excluding hydrogens is 452 g/mol. The van der Waals surface area contributed by atoms with Crippen LogP contribution in [0.1, 0.15) is 34.8 Å². The lowest BCUT2D eigenvalue weighted by molar-refractivity contribution is -0.116. The number of carbonyl (C=O) groups is 2. The number of aryl methyl sites for hydroxylation is 2. The predicted molar refractivity (Wildman–Crippen MR) is 122 cm³/mol. The van der Waals surface area contributed by atoms with Crippen LogP contribution in [0, 0.1) is 19.8 Å². The average molecular weight is 477 g/mol. The Kier molecular flexibility index (Phi) is 6.43. The van der Waals surface area contributed by atoms with Crippen LogP contribution in [-0.4, -0.2) is 40.1 Å². The molecule has 0 saturated heterocycles. The first-order valence-electron chi connectivity index (χ1n) is 9.44. The van der Waals surface area contributed by atoms with Crippen molar-refractivity contribution in [1.29, 1.82) is 0 Å². The molecule has 0 aliphatic carbocycles. The van der Waals surface area contributed by atoms with Crippen molar-refractivity contribution in [2.75, 3.05) is 18.9 Å². The molecule has 0 aliphatic heterocycles. The maximum absolute atomic E-state index is 12.9. The second-order valence-electron chi connectivity index (χ2n) is 7.66. The topological polar surface area (TPSA) is 67.2 Å². The number of benzene rings is 1. The van der Waals surface area contributed by atoms with E-state index < -0.39 is 0 Å². The molecule has 2 heterocycles. The first-order valence-corrected chi connectivity index (χ1v) is 11.0. The standard InChI is InChI=1S/C21H25BrN4O2S/c1-12(2)10-26-21-16(14(4)24-26)9-18(29-21)20(28)25(5)11-19(27)23-17-7-6-15(22)8-13(17)3/h6-9,12H,10-11H2,1-5H3,(H,23,27). The number of thiophene rings is 1. The second-order valence-corrected chi connectivity index (χ2v) is 9.61. The molecule has 0 bridgehead atoms. The largest absolute Gasteiger partial charge is 0.332 e. The fraction of sp³-hybridized carbons (Fsp3) is 0.381. The highest BCUT2D eigenvalue weighted by molar-refractivity contribution is 9.10. The number of halogens is 1. The first kappa shape index (κ1) is 21.5. The van der Waals surface area contributed by atoms with Crippen molar-refractivity contribution in [3.8, 4) is 0 Å². The van der Waals surface area contributed by atoms with Gasteiger partial charge in [-0.15, -0.1) is 11.3 Å². The van der Waals surface area contributed by atoms with E-state index >= 15 is 0 Å². The smallest absolute Gasteiger partial charge is 0.264 e. The van der Waals surface area contributed by atoms with E-state index in [1.54, 1.807) is 7.05 Å². The van der Waals surface area contributed by atoms with E-state index in [0.717, 1.165) is 38.2 Å². The maximum Gasteiger partial charge on any atom is 0.264 e. The molecule has 0 atom stereocenters. The quantitative estimate of drug-likeness (QED) is 0.552. The van der Waals surface area contributed by atoms with Crippen LogP contribution < -0.4 is 5.32 Å². The van der Waals surface area contributed by atoms with Gasteiger partial charge in [0.15, 0.2) is 0 Å². The first-order chi connectivity index (χ1) is 13.7. The molecule has 3 aromatic rings. The number of likely N-dealkylation sites (N-methyl/N-ethyl adjacent to an activating group) is 1. The van der Waals surface area contributed by atoms with Crippen LogP contribution in [0.5, 0.6) is 0 Å². The summed E-state index contributed by atoms with van der Waals surface area (Å²) in [5.74, 6) is 0.0751. The lowest BCUT2D eigenvalue weighted by Gasteiger charge is -2.16. The van der Waals surface area contributed by atoms with Gasteiger partial charge in [0.2, 0.25) is 5.91 Å². The van der Waals surface area contributed by atoms with Crippen LogP contribution >= 0.6 is 27.3 Å². The van der Waals surface area contributed by atoms with Crippen molar-refractivity contribution >= 4 is 55.0 Å². The van der Waals surface area contributed by atoms with Gasteiger partial charge in [0.25, 0.3) is 5.91 Å². The van der Waals surface area contributed by atoms with Gasteiger partial charge in [-0.1, -0.05) is 29.8 Å². The Balaban J connectivity index is 1.71. The lowest BCUT2D eigenvalue weighted by atomic mass is 10.2. The number of rotatable bonds is 6. The van der Waals surface area contributed by atoms with Crippen LogP contribution in [0.2, 0.25) is 0 Å². The van der Waals surface area contributed by atoms with Crippen molar-refractivity contribution in [2.24, 2.45) is 5.92 Å². The third-order valence-electron chi connectivity index (χ3n) is 4.55. The molecule has 0 saturated carbocycles. The Hall–Kier alpha value is -2.19. The van der Waals surface area contributed by atoms with E-state index in [1.807, 2.05) is 42.8 Å². The summed E-state index contributed by atoms with van der Waals surface area (Å²) in [5.41, 5.74) is 2.61. The third-order valence-corrected chi connectivity index (χ3v) is 6.18. The highest BCUT2D eigenvalue weighted by Crippen LogP contribution is 2.29. The molecule has 3 rings (SSSR count). The average Bonchev–Trinajstić information content (AvgIpc) is 3.18. The summed E-state index contributed by atoms with van der Waals surface area (Å²) in [6, 6.07) is 7.53. The van der Waals surface area contributed by atoms with Gasteiger partial charge in [-0.3, -0.25) is 14.3 Å². The van der Waals surface area contributed by atoms with Crippen molar-refractivity contribution in [3.63, 3.8) is 0 Å². The van der Waals surface area contributed by atoms with Gasteiger partial charge in [-0.25, -0.2) is 0 Å². The van der Waals surface area contributed by atoms with Crippen LogP contribution in [0.3, 0.4) is 0 Å². The fourth-order valence-electron chi connectivity index (χ4n) is 3.12. The Morgan fingerprint density at radius 2 is 2.00 bits per heavy atom. The molecule has 0 spiro atoms. The summed E-state index contributed by atoms with van der Waals surface area (Å²) < 4.78 is 2.93. The zero-order valence-electron chi connectivity index (χ0n) is 17.2. The predicted octanol–water partition coefficient (Wildman–Crippen LogP) is 4.84. The number of anilines is 1. The normalized spacial score (nSPS) is 11.3. The molecule has 1 N–H and O–H groups in total. The highest BCUT2D eigenvalue weighted by atomic mass is 79.9. The molecule has 0 radical (unpaired) electrons. The van der Waals surface area contributed by atoms with Crippen LogP contribution in [0.15, 0.2) is 28.7 Å². The van der Waals surface area contributed by atoms with Crippen LogP contribution in [0.4, 0.5) is 5.69 Å². The van der Waals surface area contributed by atoms with Crippen molar-refractivity contribution in [2.45, 2.75) is 34.2 Å². The van der Waals surface area contributed by atoms with Crippen LogP contribution in [0.25, 0.3) is 10.2 Å². The van der Waals surface area contributed by atoms with Gasteiger partial charge in [0.05, 0.1) is 17.1 Å². The van der Waals surface area contributed by atoms with E-state index in [-0.39, 0.29) is 18.4 Å². The maximum atomic E-state index is 12.9.